The van der Waals surface area contributed by atoms with Crippen LogP contribution in [0.4, 0.5) is 10.1 Å². The summed E-state index contributed by atoms with van der Waals surface area (Å²) in [5.74, 6) is -1.16. The van der Waals surface area contributed by atoms with E-state index in [1.807, 2.05) is 37.3 Å². The fourth-order valence-corrected chi connectivity index (χ4v) is 4.48. The third-order valence-corrected chi connectivity index (χ3v) is 5.70. The van der Waals surface area contributed by atoms with Gasteiger partial charge in [-0.1, -0.05) is 50.2 Å². The number of rotatable bonds is 3. The molecule has 2 aliphatic rings. The predicted molar refractivity (Wildman–Crippen MR) is 115 cm³/mol. The van der Waals surface area contributed by atoms with E-state index in [1.54, 1.807) is 12.1 Å². The van der Waals surface area contributed by atoms with Crippen LogP contribution in [-0.2, 0) is 9.59 Å². The lowest BCUT2D eigenvalue weighted by Gasteiger charge is -2.39. The number of ketones is 1. The number of Topliss-reactive ketones (excluding diaryl/α,β-unsaturated/α-hetero) is 1. The maximum absolute atomic E-state index is 13.6. The summed E-state index contributed by atoms with van der Waals surface area (Å²) in [4.78, 5) is 26.5. The third-order valence-electron chi connectivity index (χ3n) is 5.70. The molecular weight excluding hydrogens is 379 g/mol. The van der Waals surface area contributed by atoms with Crippen molar-refractivity contribution in [3.63, 3.8) is 0 Å². The van der Waals surface area contributed by atoms with E-state index in [0.717, 1.165) is 17.7 Å². The van der Waals surface area contributed by atoms with Crippen molar-refractivity contribution in [3.05, 3.63) is 88.5 Å². The third kappa shape index (κ3) is 3.80. The van der Waals surface area contributed by atoms with Gasteiger partial charge in [0.05, 0.1) is 0 Å². The number of halogens is 1. The van der Waals surface area contributed by atoms with Gasteiger partial charge in [0.2, 0.25) is 0 Å². The molecule has 30 heavy (non-hydrogen) atoms. The number of dihydropyridines is 1. The summed E-state index contributed by atoms with van der Waals surface area (Å²) in [7, 11) is 0. The highest BCUT2D eigenvalue weighted by molar-refractivity contribution is 6.09. The van der Waals surface area contributed by atoms with Crippen LogP contribution in [0.5, 0.6) is 0 Å². The number of carbonyl (C=O) groups excluding carboxylic acids is 2. The molecule has 0 aromatic heterocycles. The molecule has 1 aliphatic heterocycles. The maximum Gasteiger partial charge on any atom is 0.254 e. The zero-order chi connectivity index (χ0) is 21.5. The van der Waals surface area contributed by atoms with Gasteiger partial charge in [0, 0.05) is 40.6 Å². The lowest BCUT2D eigenvalue weighted by Crippen LogP contribution is -2.39. The van der Waals surface area contributed by atoms with Crippen molar-refractivity contribution in [1.82, 2.24) is 5.32 Å². The predicted octanol–water partition coefficient (Wildman–Crippen LogP) is 5.07. The number of carbonyl (C=O) groups is 2. The van der Waals surface area contributed by atoms with Crippen molar-refractivity contribution in [2.24, 2.45) is 5.41 Å². The van der Waals surface area contributed by atoms with Gasteiger partial charge in [-0.3, -0.25) is 9.59 Å². The van der Waals surface area contributed by atoms with Crippen molar-refractivity contribution >= 4 is 17.4 Å². The first-order chi connectivity index (χ1) is 14.2. The molecule has 1 aliphatic carbocycles. The second-order valence-electron chi connectivity index (χ2n) is 8.81. The first-order valence-corrected chi connectivity index (χ1v) is 10.1. The summed E-state index contributed by atoms with van der Waals surface area (Å²) in [6, 6.07) is 15.4. The van der Waals surface area contributed by atoms with Gasteiger partial charge in [-0.2, -0.15) is 0 Å². The van der Waals surface area contributed by atoms with Crippen LogP contribution in [0.3, 0.4) is 0 Å². The Morgan fingerprint density at radius 1 is 1.10 bits per heavy atom. The summed E-state index contributed by atoms with van der Waals surface area (Å²) in [6.45, 7) is 6.02. The SMILES string of the molecule is CC1=C(C(=O)Nc2cccc(F)c2)C(c2ccccc2)C2=C(CC(C)(C)CC2=O)N1. The Hall–Kier alpha value is -3.21. The van der Waals surface area contributed by atoms with E-state index in [2.05, 4.69) is 24.5 Å². The van der Waals surface area contributed by atoms with Crippen LogP contribution in [0.15, 0.2) is 77.1 Å². The molecule has 0 saturated carbocycles. The summed E-state index contributed by atoms with van der Waals surface area (Å²) in [5.41, 5.74) is 3.89. The Labute approximate surface area is 175 Å². The molecule has 0 saturated heterocycles. The average molecular weight is 404 g/mol. The molecule has 5 heteroatoms. The molecular formula is C25H25FN2O2. The molecule has 4 rings (SSSR count). The minimum absolute atomic E-state index is 0.0613. The van der Waals surface area contributed by atoms with Crippen LogP contribution in [0, 0.1) is 11.2 Å². The normalized spacial score (nSPS) is 20.5. The van der Waals surface area contributed by atoms with Crippen molar-refractivity contribution in [3.8, 4) is 0 Å². The minimum Gasteiger partial charge on any atom is -0.362 e. The van der Waals surface area contributed by atoms with Crippen LogP contribution in [0.1, 0.15) is 45.1 Å². The quantitative estimate of drug-likeness (QED) is 0.751. The second-order valence-corrected chi connectivity index (χ2v) is 8.81. The zero-order valence-corrected chi connectivity index (χ0v) is 17.4. The van der Waals surface area contributed by atoms with Crippen LogP contribution >= 0.6 is 0 Å². The van der Waals surface area contributed by atoms with Gasteiger partial charge in [-0.25, -0.2) is 4.39 Å². The molecule has 1 unspecified atom stereocenters. The van der Waals surface area contributed by atoms with E-state index in [1.165, 1.54) is 12.1 Å². The van der Waals surface area contributed by atoms with Gasteiger partial charge in [0.15, 0.2) is 5.78 Å². The molecule has 154 valence electrons. The van der Waals surface area contributed by atoms with Crippen LogP contribution in [0.25, 0.3) is 0 Å². The van der Waals surface area contributed by atoms with E-state index in [9.17, 15) is 14.0 Å². The molecule has 1 amide bonds. The van der Waals surface area contributed by atoms with E-state index in [-0.39, 0.29) is 17.1 Å². The van der Waals surface area contributed by atoms with Crippen LogP contribution in [0.2, 0.25) is 0 Å². The summed E-state index contributed by atoms with van der Waals surface area (Å²) < 4.78 is 13.6. The molecule has 1 heterocycles. The lowest BCUT2D eigenvalue weighted by molar-refractivity contribution is -0.118. The van der Waals surface area contributed by atoms with Crippen LogP contribution in [-0.4, -0.2) is 11.7 Å². The lowest BCUT2D eigenvalue weighted by atomic mass is 9.68. The first kappa shape index (κ1) is 20.1. The number of amides is 1. The molecule has 1 atom stereocenters. The number of hydrogen-bond acceptors (Lipinski definition) is 3. The van der Waals surface area contributed by atoms with Crippen molar-refractivity contribution in [2.75, 3.05) is 5.32 Å². The molecule has 2 aromatic rings. The van der Waals surface area contributed by atoms with Crippen LogP contribution < -0.4 is 10.6 Å². The molecule has 0 radical (unpaired) electrons. The topological polar surface area (TPSA) is 58.2 Å². The second kappa shape index (κ2) is 7.56. The number of benzene rings is 2. The Kier molecular flexibility index (Phi) is 5.06. The first-order valence-electron chi connectivity index (χ1n) is 10.1. The standard InChI is InChI=1S/C25H25FN2O2/c1-15-21(24(30)28-18-11-7-10-17(26)12-18)22(16-8-5-4-6-9-16)23-19(27-15)13-25(2,3)14-20(23)29/h4-12,22,27H,13-14H2,1-3H3,(H,28,30). The Bertz CT molecular complexity index is 1080. The van der Waals surface area contributed by atoms with Crippen molar-refractivity contribution in [1.29, 1.82) is 0 Å². The van der Waals surface area contributed by atoms with E-state index < -0.39 is 11.7 Å². The van der Waals surface area contributed by atoms with Gasteiger partial charge in [-0.15, -0.1) is 0 Å². The maximum atomic E-state index is 13.6. The molecule has 0 bridgehead atoms. The van der Waals surface area contributed by atoms with E-state index >= 15 is 0 Å². The highest BCUT2D eigenvalue weighted by atomic mass is 19.1. The van der Waals surface area contributed by atoms with Gasteiger partial charge in [-0.05, 0) is 42.5 Å². The van der Waals surface area contributed by atoms with Gasteiger partial charge < -0.3 is 10.6 Å². The average Bonchev–Trinajstić information content (AvgIpc) is 2.66. The van der Waals surface area contributed by atoms with Gasteiger partial charge in [0.1, 0.15) is 5.82 Å². The Balaban J connectivity index is 1.79. The largest absolute Gasteiger partial charge is 0.362 e. The monoisotopic (exact) mass is 404 g/mol. The number of hydrogen-bond donors (Lipinski definition) is 2. The van der Waals surface area contributed by atoms with E-state index in [0.29, 0.717) is 29.0 Å². The number of allylic oxidation sites excluding steroid dienone is 3. The summed E-state index contributed by atoms with van der Waals surface area (Å²) in [6.07, 6.45) is 1.18. The van der Waals surface area contributed by atoms with Gasteiger partial charge >= 0.3 is 0 Å². The molecule has 0 fully saturated rings. The zero-order valence-electron chi connectivity index (χ0n) is 17.4. The fraction of sp³-hybridized carbons (Fsp3) is 0.280. The Morgan fingerprint density at radius 3 is 2.53 bits per heavy atom. The molecule has 4 nitrogen and oxygen atoms in total. The molecule has 2 aromatic carbocycles. The molecule has 2 N–H and O–H groups in total. The summed E-state index contributed by atoms with van der Waals surface area (Å²) in [5, 5.41) is 6.13. The van der Waals surface area contributed by atoms with Gasteiger partial charge in [0.25, 0.3) is 5.91 Å². The van der Waals surface area contributed by atoms with Crippen molar-refractivity contribution in [2.45, 2.75) is 39.5 Å². The fourth-order valence-electron chi connectivity index (χ4n) is 4.48. The smallest absolute Gasteiger partial charge is 0.254 e. The minimum atomic E-state index is -0.459. The summed E-state index contributed by atoms with van der Waals surface area (Å²) >= 11 is 0. The number of nitrogens with one attached hydrogen (secondary N) is 2. The molecule has 0 spiro atoms. The highest BCUT2D eigenvalue weighted by Gasteiger charge is 2.42. The van der Waals surface area contributed by atoms with E-state index in [4.69, 9.17) is 0 Å². The van der Waals surface area contributed by atoms with Crippen molar-refractivity contribution < 1.29 is 14.0 Å². The highest BCUT2D eigenvalue weighted by Crippen LogP contribution is 2.46. The number of anilines is 1. The Morgan fingerprint density at radius 2 is 1.83 bits per heavy atom.